The lowest BCUT2D eigenvalue weighted by Gasteiger charge is -2.07. The van der Waals surface area contributed by atoms with Crippen molar-refractivity contribution in [2.24, 2.45) is 0 Å². The molecule has 0 fully saturated rings. The molecular formula is C16H14O3S. The maximum atomic E-state index is 12.3. The van der Waals surface area contributed by atoms with Crippen molar-refractivity contribution in [3.63, 3.8) is 0 Å². The van der Waals surface area contributed by atoms with Gasteiger partial charge in [0.05, 0.1) is 0 Å². The van der Waals surface area contributed by atoms with Gasteiger partial charge in [-0.25, -0.2) is 0 Å². The molecule has 20 heavy (non-hydrogen) atoms. The highest BCUT2D eigenvalue weighted by Gasteiger charge is 2.14. The minimum atomic E-state index is -0.866. The average molecular weight is 286 g/mol. The van der Waals surface area contributed by atoms with Crippen LogP contribution in [0.1, 0.15) is 22.8 Å². The molecule has 1 atom stereocenters. The van der Waals surface area contributed by atoms with Crippen molar-refractivity contribution in [2.75, 3.05) is 0 Å². The number of ketones is 1. The number of thioether (sulfide) groups is 1. The first-order valence-electron chi connectivity index (χ1n) is 6.17. The predicted octanol–water partition coefficient (Wildman–Crippen LogP) is 3.48. The fourth-order valence-corrected chi connectivity index (χ4v) is 2.58. The summed E-state index contributed by atoms with van der Waals surface area (Å²) in [6.07, 6.45) is 0. The molecule has 0 amide bonds. The van der Waals surface area contributed by atoms with E-state index in [2.05, 4.69) is 0 Å². The Kier molecular flexibility index (Phi) is 4.58. The molecule has 2 rings (SSSR count). The third kappa shape index (κ3) is 3.48. The van der Waals surface area contributed by atoms with Crippen molar-refractivity contribution < 1.29 is 14.7 Å². The van der Waals surface area contributed by atoms with E-state index in [9.17, 15) is 9.59 Å². The Balaban J connectivity index is 2.22. The van der Waals surface area contributed by atoms with Crippen molar-refractivity contribution in [1.29, 1.82) is 0 Å². The van der Waals surface area contributed by atoms with Crippen LogP contribution in [0.2, 0.25) is 0 Å². The van der Waals surface area contributed by atoms with Gasteiger partial charge < -0.3 is 5.11 Å². The van der Waals surface area contributed by atoms with Gasteiger partial charge >= 0.3 is 5.97 Å². The van der Waals surface area contributed by atoms with Crippen LogP contribution >= 0.6 is 11.8 Å². The lowest BCUT2D eigenvalue weighted by atomic mass is 10.0. The molecule has 3 nitrogen and oxygen atoms in total. The summed E-state index contributed by atoms with van der Waals surface area (Å²) in [5, 5.41) is 8.37. The topological polar surface area (TPSA) is 54.4 Å². The smallest absolute Gasteiger partial charge is 0.316 e. The highest BCUT2D eigenvalue weighted by molar-refractivity contribution is 8.00. The first kappa shape index (κ1) is 14.3. The lowest BCUT2D eigenvalue weighted by molar-refractivity contribution is -0.136. The molecule has 0 saturated heterocycles. The SMILES string of the molecule is CC(Sc1cccc(C(=O)c2ccccc2)c1)C(=O)O. The van der Waals surface area contributed by atoms with Crippen LogP contribution in [-0.2, 0) is 4.79 Å². The van der Waals surface area contributed by atoms with Crippen LogP contribution in [-0.4, -0.2) is 22.1 Å². The molecule has 0 radical (unpaired) electrons. The molecule has 102 valence electrons. The quantitative estimate of drug-likeness (QED) is 0.675. The Labute approximate surface area is 121 Å². The Morgan fingerprint density at radius 1 is 1.00 bits per heavy atom. The van der Waals surface area contributed by atoms with Crippen molar-refractivity contribution >= 4 is 23.5 Å². The van der Waals surface area contributed by atoms with Crippen LogP contribution in [0.25, 0.3) is 0 Å². The van der Waals surface area contributed by atoms with Crippen LogP contribution in [0.15, 0.2) is 59.5 Å². The summed E-state index contributed by atoms with van der Waals surface area (Å²) in [5.74, 6) is -0.925. The van der Waals surface area contributed by atoms with Crippen molar-refractivity contribution in [3.05, 3.63) is 65.7 Å². The first-order chi connectivity index (χ1) is 9.58. The van der Waals surface area contributed by atoms with Crippen LogP contribution in [0.5, 0.6) is 0 Å². The van der Waals surface area contributed by atoms with Gasteiger partial charge in [-0.05, 0) is 19.1 Å². The summed E-state index contributed by atoms with van der Waals surface area (Å²) >= 11 is 1.23. The van der Waals surface area contributed by atoms with Crippen LogP contribution in [0.4, 0.5) is 0 Å². The van der Waals surface area contributed by atoms with E-state index in [0.29, 0.717) is 11.1 Å². The molecule has 1 unspecified atom stereocenters. The predicted molar refractivity (Wildman–Crippen MR) is 79.3 cm³/mol. The summed E-state index contributed by atoms with van der Waals surface area (Å²) in [4.78, 5) is 23.9. The largest absolute Gasteiger partial charge is 0.480 e. The van der Waals surface area contributed by atoms with Gasteiger partial charge in [0.2, 0.25) is 0 Å². The monoisotopic (exact) mass is 286 g/mol. The van der Waals surface area contributed by atoms with Crippen LogP contribution in [0.3, 0.4) is 0 Å². The third-order valence-corrected chi connectivity index (χ3v) is 3.87. The van der Waals surface area contributed by atoms with E-state index in [-0.39, 0.29) is 5.78 Å². The molecule has 0 bridgehead atoms. The molecule has 2 aromatic rings. The van der Waals surface area contributed by atoms with Crippen molar-refractivity contribution in [2.45, 2.75) is 17.1 Å². The minimum absolute atomic E-state index is 0.0592. The third-order valence-electron chi connectivity index (χ3n) is 2.79. The Hall–Kier alpha value is -2.07. The number of benzene rings is 2. The summed E-state index contributed by atoms with van der Waals surface area (Å²) in [7, 11) is 0. The molecule has 0 aromatic heterocycles. The number of hydrogen-bond donors (Lipinski definition) is 1. The van der Waals surface area contributed by atoms with E-state index < -0.39 is 11.2 Å². The van der Waals surface area contributed by atoms with Gasteiger partial charge in [-0.3, -0.25) is 9.59 Å². The number of hydrogen-bond acceptors (Lipinski definition) is 3. The molecule has 0 aliphatic carbocycles. The second-order valence-corrected chi connectivity index (χ2v) is 5.74. The fourth-order valence-electron chi connectivity index (χ4n) is 1.72. The minimum Gasteiger partial charge on any atom is -0.480 e. The number of carboxylic acid groups (broad SMARTS) is 1. The Bertz CT molecular complexity index is 623. The summed E-state index contributed by atoms with van der Waals surface area (Å²) in [6, 6.07) is 16.1. The maximum Gasteiger partial charge on any atom is 0.316 e. The average Bonchev–Trinajstić information content (AvgIpc) is 2.47. The fraction of sp³-hybridized carbons (Fsp3) is 0.125. The number of carbonyl (C=O) groups excluding carboxylic acids is 1. The molecule has 4 heteroatoms. The van der Waals surface area contributed by atoms with E-state index in [1.165, 1.54) is 11.8 Å². The van der Waals surface area contributed by atoms with Gasteiger partial charge in [0.15, 0.2) is 5.78 Å². The van der Waals surface area contributed by atoms with E-state index in [1.807, 2.05) is 24.3 Å². The molecule has 0 saturated carbocycles. The molecule has 0 heterocycles. The molecule has 0 spiro atoms. The van der Waals surface area contributed by atoms with Crippen LogP contribution < -0.4 is 0 Å². The Morgan fingerprint density at radius 2 is 1.65 bits per heavy atom. The molecule has 0 aliphatic rings. The zero-order valence-electron chi connectivity index (χ0n) is 10.9. The zero-order valence-corrected chi connectivity index (χ0v) is 11.8. The summed E-state index contributed by atoms with van der Waals surface area (Å²) in [5.41, 5.74) is 1.19. The Morgan fingerprint density at radius 3 is 2.30 bits per heavy atom. The van der Waals surface area contributed by atoms with E-state index in [1.54, 1.807) is 37.3 Å². The number of carbonyl (C=O) groups is 2. The van der Waals surface area contributed by atoms with Crippen molar-refractivity contribution in [3.8, 4) is 0 Å². The summed E-state index contributed by atoms with van der Waals surface area (Å²) < 4.78 is 0. The highest BCUT2D eigenvalue weighted by Crippen LogP contribution is 2.25. The van der Waals surface area contributed by atoms with E-state index in [0.717, 1.165) is 4.90 Å². The second kappa shape index (κ2) is 6.39. The van der Waals surface area contributed by atoms with Gasteiger partial charge in [0, 0.05) is 16.0 Å². The molecule has 1 N–H and O–H groups in total. The highest BCUT2D eigenvalue weighted by atomic mass is 32.2. The normalized spacial score (nSPS) is 11.8. The molecular weight excluding hydrogens is 272 g/mol. The van der Waals surface area contributed by atoms with Crippen LogP contribution in [0, 0.1) is 0 Å². The zero-order chi connectivity index (χ0) is 14.5. The number of aliphatic carboxylic acids is 1. The van der Waals surface area contributed by atoms with E-state index in [4.69, 9.17) is 5.11 Å². The number of carboxylic acids is 1. The van der Waals surface area contributed by atoms with E-state index >= 15 is 0 Å². The van der Waals surface area contributed by atoms with Gasteiger partial charge in [-0.2, -0.15) is 0 Å². The molecule has 0 aliphatic heterocycles. The maximum absolute atomic E-state index is 12.3. The van der Waals surface area contributed by atoms with Gasteiger partial charge in [-0.15, -0.1) is 11.8 Å². The second-order valence-electron chi connectivity index (χ2n) is 4.32. The van der Waals surface area contributed by atoms with Gasteiger partial charge in [-0.1, -0.05) is 42.5 Å². The first-order valence-corrected chi connectivity index (χ1v) is 7.05. The van der Waals surface area contributed by atoms with Gasteiger partial charge in [0.25, 0.3) is 0 Å². The van der Waals surface area contributed by atoms with Gasteiger partial charge in [0.1, 0.15) is 5.25 Å². The molecule has 2 aromatic carbocycles. The lowest BCUT2D eigenvalue weighted by Crippen LogP contribution is -2.11. The standard InChI is InChI=1S/C16H14O3S/c1-11(16(18)19)20-14-9-5-8-13(10-14)15(17)12-6-3-2-4-7-12/h2-11H,1H3,(H,18,19). The number of rotatable bonds is 5. The van der Waals surface area contributed by atoms with Crippen molar-refractivity contribution in [1.82, 2.24) is 0 Å². The summed E-state index contributed by atoms with van der Waals surface area (Å²) in [6.45, 7) is 1.62.